The van der Waals surface area contributed by atoms with Crippen LogP contribution in [0.4, 0.5) is 5.13 Å². The summed E-state index contributed by atoms with van der Waals surface area (Å²) in [4.78, 5) is 18.6. The molecule has 0 saturated carbocycles. The zero-order valence-electron chi connectivity index (χ0n) is 12.9. The summed E-state index contributed by atoms with van der Waals surface area (Å²) >= 11 is 1.45. The second-order valence-electron chi connectivity index (χ2n) is 4.97. The van der Waals surface area contributed by atoms with Crippen LogP contribution >= 0.6 is 11.3 Å². The summed E-state index contributed by atoms with van der Waals surface area (Å²) in [5.41, 5.74) is 2.49. The van der Waals surface area contributed by atoms with Gasteiger partial charge in [0.15, 0.2) is 5.13 Å². The van der Waals surface area contributed by atoms with Gasteiger partial charge in [-0.1, -0.05) is 18.2 Å². The second kappa shape index (κ2) is 6.62. The Hall–Kier alpha value is -2.66. The number of hydrogen-bond acceptors (Lipinski definition) is 4. The molecule has 5 heteroatoms. The zero-order chi connectivity index (χ0) is 16.2. The Bertz CT molecular complexity index is 797. The van der Waals surface area contributed by atoms with Crippen molar-refractivity contribution in [3.63, 3.8) is 0 Å². The summed E-state index contributed by atoms with van der Waals surface area (Å²) in [5, 5.41) is 2.62. The lowest BCUT2D eigenvalue weighted by molar-refractivity contribution is 0.0993. The first-order chi connectivity index (χ1) is 11.2. The number of ether oxygens (including phenoxy) is 1. The lowest BCUT2D eigenvalue weighted by Crippen LogP contribution is -2.25. The topological polar surface area (TPSA) is 42.4 Å². The normalized spacial score (nSPS) is 10.3. The first-order valence-electron chi connectivity index (χ1n) is 7.12. The fourth-order valence-corrected chi connectivity index (χ4v) is 2.97. The van der Waals surface area contributed by atoms with E-state index in [9.17, 15) is 4.79 Å². The number of methoxy groups -OCH3 is 1. The van der Waals surface area contributed by atoms with Gasteiger partial charge in [-0.2, -0.15) is 0 Å². The molecule has 3 rings (SSSR count). The van der Waals surface area contributed by atoms with Crippen molar-refractivity contribution in [1.82, 2.24) is 4.98 Å². The SMILES string of the molecule is COc1ccc(-c2csc(N(C)C(=O)c3ccccc3)n2)cc1. The van der Waals surface area contributed by atoms with Gasteiger partial charge in [0.25, 0.3) is 5.91 Å². The number of benzene rings is 2. The predicted octanol–water partition coefficient (Wildman–Crippen LogP) is 4.10. The monoisotopic (exact) mass is 324 g/mol. The molecular weight excluding hydrogens is 308 g/mol. The number of nitrogens with zero attached hydrogens (tertiary/aromatic N) is 2. The van der Waals surface area contributed by atoms with Crippen molar-refractivity contribution in [2.24, 2.45) is 0 Å². The van der Waals surface area contributed by atoms with E-state index >= 15 is 0 Å². The zero-order valence-corrected chi connectivity index (χ0v) is 13.7. The molecule has 0 atom stereocenters. The average Bonchev–Trinajstić information content (AvgIpc) is 3.11. The van der Waals surface area contributed by atoms with Crippen molar-refractivity contribution in [2.75, 3.05) is 19.1 Å². The van der Waals surface area contributed by atoms with Crippen LogP contribution in [0.1, 0.15) is 10.4 Å². The Balaban J connectivity index is 1.82. The molecule has 1 heterocycles. The fraction of sp³-hybridized carbons (Fsp3) is 0.111. The van der Waals surface area contributed by atoms with Crippen LogP contribution in [0.25, 0.3) is 11.3 Å². The van der Waals surface area contributed by atoms with E-state index in [1.807, 2.05) is 47.8 Å². The molecule has 2 aromatic carbocycles. The first kappa shape index (κ1) is 15.2. The minimum atomic E-state index is -0.0683. The molecule has 0 saturated heterocycles. The number of anilines is 1. The van der Waals surface area contributed by atoms with Crippen LogP contribution in [0, 0.1) is 0 Å². The summed E-state index contributed by atoms with van der Waals surface area (Å²) < 4.78 is 5.16. The Labute approximate surface area is 139 Å². The van der Waals surface area contributed by atoms with E-state index < -0.39 is 0 Å². The average molecular weight is 324 g/mol. The molecule has 0 aliphatic carbocycles. The van der Waals surface area contributed by atoms with Crippen LogP contribution in [0.3, 0.4) is 0 Å². The third-order valence-corrected chi connectivity index (χ3v) is 4.41. The molecule has 0 radical (unpaired) electrons. The second-order valence-corrected chi connectivity index (χ2v) is 5.81. The maximum Gasteiger partial charge on any atom is 0.259 e. The number of thiazole rings is 1. The van der Waals surface area contributed by atoms with Gasteiger partial charge in [0.1, 0.15) is 5.75 Å². The Kier molecular flexibility index (Phi) is 4.39. The van der Waals surface area contributed by atoms with Gasteiger partial charge in [-0.3, -0.25) is 9.69 Å². The van der Waals surface area contributed by atoms with Gasteiger partial charge in [-0.05, 0) is 36.4 Å². The molecule has 1 aromatic heterocycles. The summed E-state index contributed by atoms with van der Waals surface area (Å²) in [6.07, 6.45) is 0. The molecule has 1 amide bonds. The van der Waals surface area contributed by atoms with Gasteiger partial charge in [0.05, 0.1) is 12.8 Å². The van der Waals surface area contributed by atoms with E-state index in [0.29, 0.717) is 10.7 Å². The molecule has 0 N–H and O–H groups in total. The van der Waals surface area contributed by atoms with E-state index in [2.05, 4.69) is 4.98 Å². The highest BCUT2D eigenvalue weighted by molar-refractivity contribution is 7.14. The van der Waals surface area contributed by atoms with Gasteiger partial charge >= 0.3 is 0 Å². The van der Waals surface area contributed by atoms with Crippen LogP contribution in [0.5, 0.6) is 5.75 Å². The molecule has 0 aliphatic heterocycles. The van der Waals surface area contributed by atoms with Gasteiger partial charge in [0, 0.05) is 23.6 Å². The highest BCUT2D eigenvalue weighted by Gasteiger charge is 2.16. The lowest BCUT2D eigenvalue weighted by Gasteiger charge is -2.13. The highest BCUT2D eigenvalue weighted by Crippen LogP contribution is 2.28. The van der Waals surface area contributed by atoms with Crippen molar-refractivity contribution in [2.45, 2.75) is 0 Å². The van der Waals surface area contributed by atoms with Gasteiger partial charge in [-0.15, -0.1) is 11.3 Å². The summed E-state index contributed by atoms with van der Waals surface area (Å²) in [5.74, 6) is 0.738. The molecule has 0 spiro atoms. The lowest BCUT2D eigenvalue weighted by atomic mass is 10.2. The molecule has 0 unspecified atom stereocenters. The maximum atomic E-state index is 12.5. The molecule has 23 heavy (non-hydrogen) atoms. The maximum absolute atomic E-state index is 12.5. The Morgan fingerprint density at radius 1 is 1.09 bits per heavy atom. The minimum absolute atomic E-state index is 0.0683. The first-order valence-corrected chi connectivity index (χ1v) is 8.00. The number of carbonyl (C=O) groups excluding carboxylic acids is 1. The standard InChI is InChI=1S/C18H16N2O2S/c1-20(17(21)14-6-4-3-5-7-14)18-19-16(12-23-18)13-8-10-15(22-2)11-9-13/h3-12H,1-2H3. The quantitative estimate of drug-likeness (QED) is 0.726. The van der Waals surface area contributed by atoms with Gasteiger partial charge in [-0.25, -0.2) is 4.98 Å². The van der Waals surface area contributed by atoms with Crippen LogP contribution < -0.4 is 9.64 Å². The third-order valence-electron chi connectivity index (χ3n) is 3.49. The van der Waals surface area contributed by atoms with Crippen LogP contribution in [-0.2, 0) is 0 Å². The number of rotatable bonds is 4. The highest BCUT2D eigenvalue weighted by atomic mass is 32.1. The van der Waals surface area contributed by atoms with Crippen molar-refractivity contribution >= 4 is 22.4 Å². The van der Waals surface area contributed by atoms with Crippen molar-refractivity contribution < 1.29 is 9.53 Å². The number of hydrogen-bond donors (Lipinski definition) is 0. The number of carbonyl (C=O) groups is 1. The molecule has 3 aromatic rings. The third kappa shape index (κ3) is 3.24. The number of aromatic nitrogens is 1. The molecule has 0 bridgehead atoms. The van der Waals surface area contributed by atoms with Crippen molar-refractivity contribution in [3.8, 4) is 17.0 Å². The molecular formula is C18H16N2O2S. The van der Waals surface area contributed by atoms with Gasteiger partial charge in [0.2, 0.25) is 0 Å². The molecule has 4 nitrogen and oxygen atoms in total. The van der Waals surface area contributed by atoms with Crippen LogP contribution in [-0.4, -0.2) is 25.0 Å². The van der Waals surface area contributed by atoms with E-state index in [0.717, 1.165) is 17.0 Å². The van der Waals surface area contributed by atoms with Crippen LogP contribution in [0.2, 0.25) is 0 Å². The smallest absolute Gasteiger partial charge is 0.259 e. The molecule has 0 aliphatic rings. The fourth-order valence-electron chi connectivity index (χ4n) is 2.17. The summed E-state index contributed by atoms with van der Waals surface area (Å²) in [6.45, 7) is 0. The predicted molar refractivity (Wildman–Crippen MR) is 93.3 cm³/mol. The Morgan fingerprint density at radius 2 is 1.78 bits per heavy atom. The van der Waals surface area contributed by atoms with Crippen molar-refractivity contribution in [1.29, 1.82) is 0 Å². The van der Waals surface area contributed by atoms with E-state index in [-0.39, 0.29) is 5.91 Å². The van der Waals surface area contributed by atoms with E-state index in [1.165, 1.54) is 11.3 Å². The molecule has 116 valence electrons. The van der Waals surface area contributed by atoms with E-state index in [4.69, 9.17) is 4.74 Å². The summed E-state index contributed by atoms with van der Waals surface area (Å²) in [6, 6.07) is 16.9. The summed E-state index contributed by atoms with van der Waals surface area (Å²) in [7, 11) is 3.38. The molecule has 0 fully saturated rings. The number of amides is 1. The van der Waals surface area contributed by atoms with E-state index in [1.54, 1.807) is 31.2 Å². The van der Waals surface area contributed by atoms with Gasteiger partial charge < -0.3 is 4.74 Å². The van der Waals surface area contributed by atoms with Crippen molar-refractivity contribution in [3.05, 3.63) is 65.5 Å². The Morgan fingerprint density at radius 3 is 2.43 bits per heavy atom. The largest absolute Gasteiger partial charge is 0.497 e. The van der Waals surface area contributed by atoms with Crippen LogP contribution in [0.15, 0.2) is 60.0 Å². The minimum Gasteiger partial charge on any atom is -0.497 e.